The number of pyridine rings is 3. The molecule has 6 aromatic rings. The van der Waals surface area contributed by atoms with Crippen LogP contribution >= 0.6 is 0 Å². The molecule has 3 N–H and O–H groups in total. The number of benzene rings is 1. The van der Waals surface area contributed by atoms with Crippen LogP contribution in [0.25, 0.3) is 55.8 Å². The van der Waals surface area contributed by atoms with E-state index < -0.39 is 15.8 Å². The third kappa shape index (κ3) is 4.57. The molecule has 0 aliphatic carbocycles. The maximum absolute atomic E-state index is 14.5. The zero-order valence-corrected chi connectivity index (χ0v) is 20.3. The number of hydrogen-bond acceptors (Lipinski definition) is 6. The largest absolute Gasteiger partial charge is 0.353 e. The van der Waals surface area contributed by atoms with Gasteiger partial charge < -0.3 is 4.98 Å². The molecule has 5 aromatic heterocycles. The van der Waals surface area contributed by atoms with Gasteiger partial charge in [0.25, 0.3) is 0 Å². The smallest absolute Gasteiger partial charge is 0.209 e. The van der Waals surface area contributed by atoms with Crippen LogP contribution in [0.5, 0.6) is 0 Å². The van der Waals surface area contributed by atoms with Gasteiger partial charge in [0.15, 0.2) is 0 Å². The van der Waals surface area contributed by atoms with Gasteiger partial charge in [-0.15, -0.1) is 0 Å². The van der Waals surface area contributed by atoms with E-state index in [1.165, 1.54) is 12.1 Å². The highest BCUT2D eigenvalue weighted by Gasteiger charge is 2.16. The van der Waals surface area contributed by atoms with E-state index in [0.29, 0.717) is 22.5 Å². The van der Waals surface area contributed by atoms with Crippen molar-refractivity contribution in [3.8, 4) is 34.0 Å². The first kappa shape index (κ1) is 23.0. The molecule has 11 heteroatoms. The van der Waals surface area contributed by atoms with Crippen molar-refractivity contribution in [2.45, 2.75) is 6.54 Å². The standard InChI is InChI=1S/C26H20FN7O2S/c1-37(35,36)31-13-15-8-16(10-17(27)9-15)25-18-12-23(32-20(18)5-7-29-25)26-19-11-22(21-4-2-3-6-28-21)30-14-24(19)33-34-26/h2-12,14,31-32H,13H2,1H3,(H,33,34). The van der Waals surface area contributed by atoms with Crippen LogP contribution in [0.2, 0.25) is 0 Å². The third-order valence-corrected chi connectivity index (χ3v) is 6.62. The summed E-state index contributed by atoms with van der Waals surface area (Å²) in [6, 6.07) is 15.8. The maximum Gasteiger partial charge on any atom is 0.209 e. The highest BCUT2D eigenvalue weighted by molar-refractivity contribution is 7.88. The molecular formula is C26H20FN7O2S. The topological polar surface area (TPSA) is 129 Å². The summed E-state index contributed by atoms with van der Waals surface area (Å²) in [6.07, 6.45) is 6.15. The molecule has 0 radical (unpaired) electrons. The number of aromatic nitrogens is 6. The van der Waals surface area contributed by atoms with Gasteiger partial charge in [-0.2, -0.15) is 5.10 Å². The van der Waals surface area contributed by atoms with E-state index in [-0.39, 0.29) is 6.54 Å². The second-order valence-electron chi connectivity index (χ2n) is 8.65. The Balaban J connectivity index is 1.44. The number of nitrogens with zero attached hydrogens (tertiary/aromatic N) is 4. The Labute approximate surface area is 210 Å². The van der Waals surface area contributed by atoms with E-state index in [2.05, 4.69) is 34.9 Å². The lowest BCUT2D eigenvalue weighted by molar-refractivity contribution is 0.586. The molecule has 0 aliphatic rings. The average molecular weight is 514 g/mol. The fourth-order valence-electron chi connectivity index (χ4n) is 4.29. The summed E-state index contributed by atoms with van der Waals surface area (Å²) in [5, 5.41) is 9.18. The molecule has 0 unspecified atom stereocenters. The SMILES string of the molecule is CS(=O)(=O)NCc1cc(F)cc(-c2nccc3[nH]c(-c4n[nH]c5cnc(-c6ccccn6)cc45)cc23)c1. The van der Waals surface area contributed by atoms with Gasteiger partial charge in [-0.05, 0) is 54.1 Å². The van der Waals surface area contributed by atoms with Gasteiger partial charge in [0.05, 0.1) is 40.7 Å². The quantitative estimate of drug-likeness (QED) is 0.302. The molecule has 0 atom stereocenters. The van der Waals surface area contributed by atoms with Crippen molar-refractivity contribution in [1.82, 2.24) is 34.9 Å². The Bertz CT molecular complexity index is 1880. The number of fused-ring (bicyclic) bond motifs is 2. The van der Waals surface area contributed by atoms with Crippen molar-refractivity contribution in [3.05, 3.63) is 84.6 Å². The molecule has 184 valence electrons. The number of sulfonamides is 1. The predicted octanol–water partition coefficient (Wildman–Crippen LogP) is 4.42. The third-order valence-electron chi connectivity index (χ3n) is 5.95. The second-order valence-corrected chi connectivity index (χ2v) is 10.5. The minimum atomic E-state index is -3.42. The van der Waals surface area contributed by atoms with E-state index in [0.717, 1.165) is 45.1 Å². The number of hydrogen-bond donors (Lipinski definition) is 3. The number of H-pyrrole nitrogens is 2. The van der Waals surface area contributed by atoms with E-state index in [1.54, 1.807) is 24.7 Å². The predicted molar refractivity (Wildman–Crippen MR) is 139 cm³/mol. The molecule has 1 aromatic carbocycles. The lowest BCUT2D eigenvalue weighted by Gasteiger charge is -2.07. The molecule has 6 rings (SSSR count). The molecule has 0 aliphatic heterocycles. The highest BCUT2D eigenvalue weighted by atomic mass is 32.2. The van der Waals surface area contributed by atoms with E-state index in [9.17, 15) is 12.8 Å². The van der Waals surface area contributed by atoms with Gasteiger partial charge in [0, 0.05) is 40.8 Å². The van der Waals surface area contributed by atoms with Crippen LogP contribution in [0.4, 0.5) is 4.39 Å². The molecule has 0 saturated carbocycles. The lowest BCUT2D eigenvalue weighted by atomic mass is 10.0. The van der Waals surface area contributed by atoms with Gasteiger partial charge in [-0.25, -0.2) is 17.5 Å². The van der Waals surface area contributed by atoms with Crippen molar-refractivity contribution >= 4 is 31.8 Å². The maximum atomic E-state index is 14.5. The Morgan fingerprint density at radius 1 is 0.892 bits per heavy atom. The normalized spacial score (nSPS) is 11.9. The van der Waals surface area contributed by atoms with Crippen molar-refractivity contribution in [2.24, 2.45) is 0 Å². The van der Waals surface area contributed by atoms with Crippen molar-refractivity contribution < 1.29 is 12.8 Å². The first-order valence-corrected chi connectivity index (χ1v) is 13.2. The summed E-state index contributed by atoms with van der Waals surface area (Å²) in [6.45, 7) is -0.0240. The number of nitrogens with one attached hydrogen (secondary N) is 3. The minimum absolute atomic E-state index is 0.0240. The zero-order chi connectivity index (χ0) is 25.6. The summed E-state index contributed by atoms with van der Waals surface area (Å²) in [5.41, 5.74) is 6.11. The molecule has 0 spiro atoms. The summed E-state index contributed by atoms with van der Waals surface area (Å²) >= 11 is 0. The second kappa shape index (κ2) is 8.87. The molecule has 0 fully saturated rings. The molecule has 9 nitrogen and oxygen atoms in total. The van der Waals surface area contributed by atoms with E-state index in [4.69, 9.17) is 0 Å². The van der Waals surface area contributed by atoms with Crippen LogP contribution in [-0.2, 0) is 16.6 Å². The van der Waals surface area contributed by atoms with Crippen LogP contribution in [-0.4, -0.2) is 44.8 Å². The number of halogens is 1. The van der Waals surface area contributed by atoms with Crippen molar-refractivity contribution in [1.29, 1.82) is 0 Å². The van der Waals surface area contributed by atoms with E-state index in [1.807, 2.05) is 36.4 Å². The highest BCUT2D eigenvalue weighted by Crippen LogP contribution is 2.34. The lowest BCUT2D eigenvalue weighted by Crippen LogP contribution is -2.21. The zero-order valence-electron chi connectivity index (χ0n) is 19.5. The monoisotopic (exact) mass is 513 g/mol. The summed E-state index contributed by atoms with van der Waals surface area (Å²) in [5.74, 6) is -0.481. The summed E-state index contributed by atoms with van der Waals surface area (Å²) in [4.78, 5) is 16.8. The summed E-state index contributed by atoms with van der Waals surface area (Å²) in [7, 11) is -3.42. The van der Waals surface area contributed by atoms with Gasteiger partial charge in [0.1, 0.15) is 11.5 Å². The Kier molecular flexibility index (Phi) is 5.50. The molecule has 0 bridgehead atoms. The fraction of sp³-hybridized carbons (Fsp3) is 0.0769. The van der Waals surface area contributed by atoms with Gasteiger partial charge in [-0.3, -0.25) is 20.1 Å². The first-order chi connectivity index (χ1) is 17.8. The minimum Gasteiger partial charge on any atom is -0.353 e. The number of aromatic amines is 2. The molecule has 0 amide bonds. The molecule has 37 heavy (non-hydrogen) atoms. The Morgan fingerprint density at radius 2 is 1.76 bits per heavy atom. The molecule has 0 saturated heterocycles. The van der Waals surface area contributed by atoms with Crippen molar-refractivity contribution in [3.63, 3.8) is 0 Å². The fourth-order valence-corrected chi connectivity index (χ4v) is 4.72. The molecular weight excluding hydrogens is 493 g/mol. The van der Waals surface area contributed by atoms with Crippen LogP contribution in [0.15, 0.2) is 73.2 Å². The van der Waals surface area contributed by atoms with E-state index >= 15 is 0 Å². The van der Waals surface area contributed by atoms with Crippen LogP contribution in [0.1, 0.15) is 5.56 Å². The molecule has 5 heterocycles. The van der Waals surface area contributed by atoms with Gasteiger partial charge >= 0.3 is 0 Å². The Hall–Kier alpha value is -4.48. The Morgan fingerprint density at radius 3 is 2.57 bits per heavy atom. The first-order valence-electron chi connectivity index (χ1n) is 11.3. The average Bonchev–Trinajstić information content (AvgIpc) is 3.51. The number of rotatable bonds is 6. The van der Waals surface area contributed by atoms with Crippen LogP contribution in [0.3, 0.4) is 0 Å². The van der Waals surface area contributed by atoms with Crippen LogP contribution < -0.4 is 4.72 Å². The van der Waals surface area contributed by atoms with Gasteiger partial charge in [0.2, 0.25) is 10.0 Å². The summed E-state index contributed by atoms with van der Waals surface area (Å²) < 4.78 is 39.9. The van der Waals surface area contributed by atoms with Crippen molar-refractivity contribution in [2.75, 3.05) is 6.26 Å². The van der Waals surface area contributed by atoms with Gasteiger partial charge in [-0.1, -0.05) is 6.07 Å². The van der Waals surface area contributed by atoms with Crippen LogP contribution in [0, 0.1) is 5.82 Å².